The van der Waals surface area contributed by atoms with Crippen molar-refractivity contribution in [2.45, 2.75) is 18.3 Å². The van der Waals surface area contributed by atoms with Crippen LogP contribution in [0.4, 0.5) is 0 Å². The average molecular weight is 336 g/mol. The summed E-state index contributed by atoms with van der Waals surface area (Å²) < 4.78 is 0. The van der Waals surface area contributed by atoms with E-state index in [0.717, 1.165) is 11.1 Å². The van der Waals surface area contributed by atoms with Gasteiger partial charge in [-0.25, -0.2) is 0 Å². The zero-order valence-electron chi connectivity index (χ0n) is 13.8. The molecule has 0 radical (unpaired) electrons. The summed E-state index contributed by atoms with van der Waals surface area (Å²) in [4.78, 5) is 30.0. The summed E-state index contributed by atoms with van der Waals surface area (Å²) in [6.45, 7) is 0.863. The Bertz CT molecular complexity index is 764. The molecule has 1 N–H and O–H groups in total. The molecule has 5 nitrogen and oxygen atoms in total. The number of carbonyl (C=O) groups excluding carboxylic acids is 1. The maximum absolute atomic E-state index is 12.4. The number of aromatic nitrogens is 1. The number of carboxylic acid groups (broad SMARTS) is 1. The lowest BCUT2D eigenvalue weighted by Crippen LogP contribution is -2.48. The fourth-order valence-corrected chi connectivity index (χ4v) is 3.24. The summed E-state index contributed by atoms with van der Waals surface area (Å²) in [6, 6.07) is 12.9. The topological polar surface area (TPSA) is 70.5 Å². The highest BCUT2D eigenvalue weighted by Gasteiger charge is 2.43. The Labute approximate surface area is 146 Å². The van der Waals surface area contributed by atoms with Gasteiger partial charge in [-0.15, -0.1) is 0 Å². The minimum absolute atomic E-state index is 0.0936. The number of aliphatic carboxylic acids is 1. The van der Waals surface area contributed by atoms with E-state index in [4.69, 9.17) is 0 Å². The van der Waals surface area contributed by atoms with Crippen molar-refractivity contribution in [3.8, 4) is 0 Å². The first-order valence-electron chi connectivity index (χ1n) is 8.28. The Kier molecular flexibility index (Phi) is 4.93. The first kappa shape index (κ1) is 16.9. The van der Waals surface area contributed by atoms with Crippen LogP contribution in [0.3, 0.4) is 0 Å². The number of carboxylic acids is 1. The zero-order chi connectivity index (χ0) is 17.7. The number of carbonyl (C=O) groups is 2. The lowest BCUT2D eigenvalue weighted by atomic mass is 9.73. The number of pyridine rings is 1. The number of hydrogen-bond acceptors (Lipinski definition) is 3. The zero-order valence-corrected chi connectivity index (χ0v) is 13.8. The Morgan fingerprint density at radius 1 is 1.04 bits per heavy atom. The number of likely N-dealkylation sites (tertiary alicyclic amines) is 1. The maximum atomic E-state index is 12.4. The van der Waals surface area contributed by atoms with Gasteiger partial charge in [0.15, 0.2) is 0 Å². The monoisotopic (exact) mass is 336 g/mol. The van der Waals surface area contributed by atoms with E-state index in [1.807, 2.05) is 42.5 Å². The Hall–Kier alpha value is -2.95. The average Bonchev–Trinajstić information content (AvgIpc) is 2.67. The van der Waals surface area contributed by atoms with E-state index in [0.29, 0.717) is 25.9 Å². The SMILES string of the molecule is O=C(C=Cc1ccncc1)N1CCC(C(=O)O)(c2ccccc2)CC1. The van der Waals surface area contributed by atoms with Crippen LogP contribution in [0.5, 0.6) is 0 Å². The molecule has 0 saturated carbocycles. The molecular weight excluding hydrogens is 316 g/mol. The van der Waals surface area contributed by atoms with Crippen molar-refractivity contribution in [1.29, 1.82) is 0 Å². The summed E-state index contributed by atoms with van der Waals surface area (Å²) in [5, 5.41) is 9.80. The number of hydrogen-bond donors (Lipinski definition) is 1. The smallest absolute Gasteiger partial charge is 0.314 e. The number of piperidine rings is 1. The van der Waals surface area contributed by atoms with Crippen LogP contribution in [0.2, 0.25) is 0 Å². The number of nitrogens with zero attached hydrogens (tertiary/aromatic N) is 2. The van der Waals surface area contributed by atoms with Gasteiger partial charge >= 0.3 is 5.97 Å². The molecule has 1 aromatic heterocycles. The highest BCUT2D eigenvalue weighted by Crippen LogP contribution is 2.36. The molecule has 1 aromatic carbocycles. The number of rotatable bonds is 4. The molecule has 2 aromatic rings. The van der Waals surface area contributed by atoms with E-state index in [-0.39, 0.29) is 5.91 Å². The predicted octanol–water partition coefficient (Wildman–Crippen LogP) is 2.74. The molecule has 25 heavy (non-hydrogen) atoms. The van der Waals surface area contributed by atoms with Crippen LogP contribution in [0.25, 0.3) is 6.08 Å². The molecule has 1 amide bonds. The van der Waals surface area contributed by atoms with Crippen LogP contribution in [-0.4, -0.2) is 40.0 Å². The van der Waals surface area contributed by atoms with Crippen molar-refractivity contribution < 1.29 is 14.7 Å². The van der Waals surface area contributed by atoms with Gasteiger partial charge in [-0.1, -0.05) is 30.3 Å². The molecule has 1 saturated heterocycles. The molecule has 1 aliphatic rings. The summed E-state index contributed by atoms with van der Waals surface area (Å²) in [5.74, 6) is -0.915. The highest BCUT2D eigenvalue weighted by atomic mass is 16.4. The van der Waals surface area contributed by atoms with Crippen molar-refractivity contribution in [3.63, 3.8) is 0 Å². The van der Waals surface area contributed by atoms with Crippen LogP contribution in [-0.2, 0) is 15.0 Å². The third kappa shape index (κ3) is 3.60. The third-order valence-electron chi connectivity index (χ3n) is 4.79. The van der Waals surface area contributed by atoms with E-state index in [1.54, 1.807) is 23.4 Å². The lowest BCUT2D eigenvalue weighted by Gasteiger charge is -2.38. The summed E-state index contributed by atoms with van der Waals surface area (Å²) in [7, 11) is 0. The van der Waals surface area contributed by atoms with Gasteiger partial charge in [-0.05, 0) is 42.2 Å². The van der Waals surface area contributed by atoms with E-state index in [1.165, 1.54) is 6.08 Å². The van der Waals surface area contributed by atoms with Crippen LogP contribution in [0.15, 0.2) is 60.9 Å². The van der Waals surface area contributed by atoms with Gasteiger partial charge in [-0.3, -0.25) is 14.6 Å². The van der Waals surface area contributed by atoms with Crippen LogP contribution in [0, 0.1) is 0 Å². The molecule has 0 spiro atoms. The van der Waals surface area contributed by atoms with E-state index in [9.17, 15) is 14.7 Å². The first-order valence-corrected chi connectivity index (χ1v) is 8.28. The normalized spacial score (nSPS) is 16.7. The molecule has 1 fully saturated rings. The van der Waals surface area contributed by atoms with Crippen molar-refractivity contribution in [2.75, 3.05) is 13.1 Å². The first-order chi connectivity index (χ1) is 12.1. The molecule has 5 heteroatoms. The van der Waals surface area contributed by atoms with Gasteiger partial charge < -0.3 is 10.0 Å². The lowest BCUT2D eigenvalue weighted by molar-refractivity contribution is -0.147. The van der Waals surface area contributed by atoms with Gasteiger partial charge in [0.05, 0.1) is 5.41 Å². The van der Waals surface area contributed by atoms with Gasteiger partial charge in [0, 0.05) is 31.6 Å². The van der Waals surface area contributed by atoms with Crippen molar-refractivity contribution in [2.24, 2.45) is 0 Å². The largest absolute Gasteiger partial charge is 0.481 e. The molecular formula is C20H20N2O3. The van der Waals surface area contributed by atoms with Crippen molar-refractivity contribution >= 4 is 18.0 Å². The van der Waals surface area contributed by atoms with Crippen LogP contribution < -0.4 is 0 Å². The Morgan fingerprint density at radius 2 is 1.68 bits per heavy atom. The van der Waals surface area contributed by atoms with Gasteiger partial charge in [-0.2, -0.15) is 0 Å². The minimum atomic E-state index is -0.910. The van der Waals surface area contributed by atoms with Gasteiger partial charge in [0.1, 0.15) is 0 Å². The second kappa shape index (κ2) is 7.30. The fraction of sp³-hybridized carbons (Fsp3) is 0.250. The molecule has 0 aliphatic carbocycles. The summed E-state index contributed by atoms with van der Waals surface area (Å²) in [6.07, 6.45) is 7.46. The van der Waals surface area contributed by atoms with Crippen molar-refractivity contribution in [3.05, 3.63) is 72.1 Å². The maximum Gasteiger partial charge on any atom is 0.314 e. The predicted molar refractivity (Wildman–Crippen MR) is 94.8 cm³/mol. The second-order valence-electron chi connectivity index (χ2n) is 6.19. The number of benzene rings is 1. The van der Waals surface area contributed by atoms with Crippen molar-refractivity contribution in [1.82, 2.24) is 9.88 Å². The minimum Gasteiger partial charge on any atom is -0.481 e. The third-order valence-corrected chi connectivity index (χ3v) is 4.79. The van der Waals surface area contributed by atoms with Crippen LogP contribution in [0.1, 0.15) is 24.0 Å². The summed E-state index contributed by atoms with van der Waals surface area (Å²) >= 11 is 0. The molecule has 0 unspecified atom stereocenters. The Morgan fingerprint density at radius 3 is 2.28 bits per heavy atom. The standard InChI is InChI=1S/C20H20N2O3/c23-18(7-6-16-8-12-21-13-9-16)22-14-10-20(11-15-22,19(24)25)17-4-2-1-3-5-17/h1-9,12-13H,10-11,14-15H2,(H,24,25). The molecule has 2 heterocycles. The van der Waals surface area contributed by atoms with E-state index in [2.05, 4.69) is 4.98 Å². The highest BCUT2D eigenvalue weighted by molar-refractivity contribution is 5.92. The second-order valence-corrected chi connectivity index (χ2v) is 6.19. The van der Waals surface area contributed by atoms with Gasteiger partial charge in [0.25, 0.3) is 0 Å². The number of amides is 1. The molecule has 3 rings (SSSR count). The van der Waals surface area contributed by atoms with Crippen LogP contribution >= 0.6 is 0 Å². The van der Waals surface area contributed by atoms with E-state index >= 15 is 0 Å². The quantitative estimate of drug-likeness (QED) is 0.872. The van der Waals surface area contributed by atoms with Gasteiger partial charge in [0.2, 0.25) is 5.91 Å². The molecule has 128 valence electrons. The Balaban J connectivity index is 1.69. The fourth-order valence-electron chi connectivity index (χ4n) is 3.24. The molecule has 0 bridgehead atoms. The van der Waals surface area contributed by atoms with E-state index < -0.39 is 11.4 Å². The molecule has 0 atom stereocenters. The summed E-state index contributed by atoms with van der Waals surface area (Å²) in [5.41, 5.74) is 0.804. The molecule has 1 aliphatic heterocycles.